The number of anilines is 1. The van der Waals surface area contributed by atoms with E-state index in [4.69, 9.17) is 0 Å². The number of carbonyl (C=O) groups is 1. The zero-order valence-electron chi connectivity index (χ0n) is 8.19. The van der Waals surface area contributed by atoms with Crippen molar-refractivity contribution in [2.45, 2.75) is 6.92 Å². The van der Waals surface area contributed by atoms with E-state index in [1.165, 1.54) is 0 Å². The van der Waals surface area contributed by atoms with Crippen LogP contribution in [0.2, 0.25) is 0 Å². The smallest absolute Gasteiger partial charge is 0.276 e. The fourth-order valence-electron chi connectivity index (χ4n) is 1.17. The van der Waals surface area contributed by atoms with E-state index in [-0.39, 0.29) is 5.91 Å². The minimum Gasteiger partial charge on any atom is -0.319 e. The van der Waals surface area contributed by atoms with Crippen LogP contribution >= 0.6 is 0 Å². The maximum atomic E-state index is 11.6. The van der Waals surface area contributed by atoms with Gasteiger partial charge >= 0.3 is 0 Å². The predicted molar refractivity (Wildman–Crippen MR) is 55.5 cm³/mol. The Labute approximate surface area is 86.5 Å². The van der Waals surface area contributed by atoms with Crippen molar-refractivity contribution in [3.05, 3.63) is 42.0 Å². The molecule has 0 aromatic carbocycles. The molecule has 5 nitrogen and oxygen atoms in total. The lowest BCUT2D eigenvalue weighted by Gasteiger charge is -2.00. The number of hydrogen-bond donors (Lipinski definition) is 2. The number of rotatable bonds is 2. The molecule has 5 heteroatoms. The SMILES string of the molecule is Cc1cc(C(=O)Nc2cccnc2)n[nH]1. The van der Waals surface area contributed by atoms with E-state index in [1.807, 2.05) is 6.92 Å². The number of pyridine rings is 1. The minimum absolute atomic E-state index is 0.243. The molecular formula is C10H10N4O. The molecule has 0 aliphatic carbocycles. The Balaban J connectivity index is 2.11. The summed E-state index contributed by atoms with van der Waals surface area (Å²) in [5, 5.41) is 9.25. The Bertz CT molecular complexity index is 463. The number of aryl methyl sites for hydroxylation is 1. The van der Waals surface area contributed by atoms with E-state index < -0.39 is 0 Å². The van der Waals surface area contributed by atoms with Gasteiger partial charge in [0.25, 0.3) is 5.91 Å². The lowest BCUT2D eigenvalue weighted by atomic mass is 10.3. The number of nitrogens with zero attached hydrogens (tertiary/aromatic N) is 2. The molecule has 76 valence electrons. The number of carbonyl (C=O) groups excluding carboxylic acids is 1. The van der Waals surface area contributed by atoms with Crippen LogP contribution in [0.4, 0.5) is 5.69 Å². The lowest BCUT2D eigenvalue weighted by molar-refractivity contribution is 0.102. The molecule has 2 aromatic rings. The monoisotopic (exact) mass is 202 g/mol. The molecule has 1 amide bonds. The molecule has 0 unspecified atom stereocenters. The van der Waals surface area contributed by atoms with Crippen LogP contribution in [-0.2, 0) is 0 Å². The van der Waals surface area contributed by atoms with Gasteiger partial charge in [-0.25, -0.2) is 0 Å². The van der Waals surface area contributed by atoms with E-state index in [0.717, 1.165) is 5.69 Å². The number of amides is 1. The van der Waals surface area contributed by atoms with Crippen molar-refractivity contribution in [3.63, 3.8) is 0 Å². The number of nitrogens with one attached hydrogen (secondary N) is 2. The largest absolute Gasteiger partial charge is 0.319 e. The number of aromatic nitrogens is 3. The molecule has 0 saturated carbocycles. The molecule has 0 aliphatic heterocycles. The first-order valence-electron chi connectivity index (χ1n) is 4.49. The predicted octanol–water partition coefficient (Wildman–Crippen LogP) is 1.37. The van der Waals surface area contributed by atoms with Gasteiger partial charge in [-0.3, -0.25) is 14.9 Å². The first-order chi connectivity index (χ1) is 7.25. The van der Waals surface area contributed by atoms with E-state index in [2.05, 4.69) is 20.5 Å². The molecule has 0 saturated heterocycles. The van der Waals surface area contributed by atoms with E-state index in [9.17, 15) is 4.79 Å². The second-order valence-electron chi connectivity index (χ2n) is 3.13. The van der Waals surface area contributed by atoms with Gasteiger partial charge in [0.05, 0.1) is 11.9 Å². The average Bonchev–Trinajstić information content (AvgIpc) is 2.66. The number of aromatic amines is 1. The van der Waals surface area contributed by atoms with Gasteiger partial charge in [-0.1, -0.05) is 0 Å². The van der Waals surface area contributed by atoms with Crippen LogP contribution in [-0.4, -0.2) is 21.1 Å². The van der Waals surface area contributed by atoms with Gasteiger partial charge in [0.1, 0.15) is 0 Å². The highest BCUT2D eigenvalue weighted by molar-refractivity contribution is 6.02. The fraction of sp³-hybridized carbons (Fsp3) is 0.100. The van der Waals surface area contributed by atoms with Crippen molar-refractivity contribution in [3.8, 4) is 0 Å². The molecule has 0 atom stereocenters. The quantitative estimate of drug-likeness (QED) is 0.772. The normalized spacial score (nSPS) is 9.93. The maximum Gasteiger partial charge on any atom is 0.276 e. The summed E-state index contributed by atoms with van der Waals surface area (Å²) < 4.78 is 0. The topological polar surface area (TPSA) is 70.7 Å². The second kappa shape index (κ2) is 3.91. The summed E-state index contributed by atoms with van der Waals surface area (Å²) in [5.74, 6) is -0.243. The highest BCUT2D eigenvalue weighted by atomic mass is 16.1. The van der Waals surface area contributed by atoms with Crippen LogP contribution < -0.4 is 5.32 Å². The summed E-state index contributed by atoms with van der Waals surface area (Å²) in [4.78, 5) is 15.5. The van der Waals surface area contributed by atoms with Crippen molar-refractivity contribution in [2.75, 3.05) is 5.32 Å². The van der Waals surface area contributed by atoms with Crippen molar-refractivity contribution >= 4 is 11.6 Å². The third-order valence-electron chi connectivity index (χ3n) is 1.86. The maximum absolute atomic E-state index is 11.6. The number of hydrogen-bond acceptors (Lipinski definition) is 3. The summed E-state index contributed by atoms with van der Waals surface area (Å²) in [6, 6.07) is 5.21. The molecule has 0 radical (unpaired) electrons. The van der Waals surface area contributed by atoms with Gasteiger partial charge in [0.2, 0.25) is 0 Å². The number of H-pyrrole nitrogens is 1. The first-order valence-corrected chi connectivity index (χ1v) is 4.49. The fourth-order valence-corrected chi connectivity index (χ4v) is 1.17. The van der Waals surface area contributed by atoms with Gasteiger partial charge in [-0.05, 0) is 25.1 Å². The first kappa shape index (κ1) is 9.39. The van der Waals surface area contributed by atoms with Crippen LogP contribution in [0, 0.1) is 6.92 Å². The van der Waals surface area contributed by atoms with Gasteiger partial charge in [-0.2, -0.15) is 5.10 Å². The highest BCUT2D eigenvalue weighted by Crippen LogP contribution is 2.06. The van der Waals surface area contributed by atoms with Crippen LogP contribution in [0.3, 0.4) is 0 Å². The van der Waals surface area contributed by atoms with Crippen molar-refractivity contribution in [1.82, 2.24) is 15.2 Å². The summed E-state index contributed by atoms with van der Waals surface area (Å²) in [7, 11) is 0. The van der Waals surface area contributed by atoms with Gasteiger partial charge in [0, 0.05) is 11.9 Å². The Kier molecular flexibility index (Phi) is 2.45. The Morgan fingerprint density at radius 1 is 1.53 bits per heavy atom. The van der Waals surface area contributed by atoms with Crippen LogP contribution in [0.1, 0.15) is 16.2 Å². The Morgan fingerprint density at radius 3 is 3.00 bits per heavy atom. The second-order valence-corrected chi connectivity index (χ2v) is 3.13. The third-order valence-corrected chi connectivity index (χ3v) is 1.86. The standard InChI is InChI=1S/C10H10N4O/c1-7-5-9(14-13-7)10(15)12-8-3-2-4-11-6-8/h2-6H,1H3,(H,12,15)(H,13,14). The zero-order valence-corrected chi connectivity index (χ0v) is 8.19. The zero-order chi connectivity index (χ0) is 10.7. The summed E-state index contributed by atoms with van der Waals surface area (Å²) >= 11 is 0. The Hall–Kier alpha value is -2.17. The average molecular weight is 202 g/mol. The van der Waals surface area contributed by atoms with Gasteiger partial charge in [-0.15, -0.1) is 0 Å². The molecule has 0 bridgehead atoms. The molecule has 2 rings (SSSR count). The molecule has 2 heterocycles. The molecule has 0 fully saturated rings. The molecule has 0 spiro atoms. The third kappa shape index (κ3) is 2.19. The molecular weight excluding hydrogens is 192 g/mol. The van der Waals surface area contributed by atoms with Crippen molar-refractivity contribution in [1.29, 1.82) is 0 Å². The van der Waals surface area contributed by atoms with Crippen LogP contribution in [0.5, 0.6) is 0 Å². The van der Waals surface area contributed by atoms with Crippen LogP contribution in [0.25, 0.3) is 0 Å². The summed E-state index contributed by atoms with van der Waals surface area (Å²) in [6.45, 7) is 1.84. The van der Waals surface area contributed by atoms with Crippen molar-refractivity contribution in [2.24, 2.45) is 0 Å². The van der Waals surface area contributed by atoms with E-state index >= 15 is 0 Å². The van der Waals surface area contributed by atoms with Gasteiger partial charge < -0.3 is 5.32 Å². The molecule has 15 heavy (non-hydrogen) atoms. The molecule has 2 N–H and O–H groups in total. The van der Waals surface area contributed by atoms with E-state index in [1.54, 1.807) is 30.6 Å². The highest BCUT2D eigenvalue weighted by Gasteiger charge is 2.08. The Morgan fingerprint density at radius 2 is 2.40 bits per heavy atom. The summed E-state index contributed by atoms with van der Waals surface area (Å²) in [5.41, 5.74) is 1.88. The molecule has 0 aliphatic rings. The summed E-state index contributed by atoms with van der Waals surface area (Å²) in [6.07, 6.45) is 3.23. The van der Waals surface area contributed by atoms with Crippen molar-refractivity contribution < 1.29 is 4.79 Å². The van der Waals surface area contributed by atoms with Crippen LogP contribution in [0.15, 0.2) is 30.6 Å². The van der Waals surface area contributed by atoms with Gasteiger partial charge in [0.15, 0.2) is 5.69 Å². The lowest BCUT2D eigenvalue weighted by Crippen LogP contribution is -2.12. The van der Waals surface area contributed by atoms with E-state index in [0.29, 0.717) is 11.4 Å². The minimum atomic E-state index is -0.243. The molecule has 2 aromatic heterocycles.